The van der Waals surface area contributed by atoms with E-state index < -0.39 is 0 Å². The van der Waals surface area contributed by atoms with Gasteiger partial charge >= 0.3 is 0 Å². The van der Waals surface area contributed by atoms with Crippen molar-refractivity contribution >= 4 is 11.8 Å². The van der Waals surface area contributed by atoms with Crippen LogP contribution in [0.2, 0.25) is 0 Å². The normalized spacial score (nSPS) is 47.8. The predicted molar refractivity (Wildman–Crippen MR) is 49.2 cm³/mol. The molecule has 1 radical (unpaired) electrons. The van der Waals surface area contributed by atoms with E-state index >= 15 is 0 Å². The molecular formula is C9H12NS. The van der Waals surface area contributed by atoms with Crippen LogP contribution in [0.4, 0.5) is 0 Å². The van der Waals surface area contributed by atoms with Crippen LogP contribution in [0.1, 0.15) is 6.92 Å². The number of thioether (sulfide) groups is 1. The van der Waals surface area contributed by atoms with Crippen molar-refractivity contribution in [2.45, 2.75) is 17.5 Å². The van der Waals surface area contributed by atoms with Crippen LogP contribution in [0, 0.1) is 11.8 Å². The number of hydrogen-bond donors (Lipinski definition) is 0. The van der Waals surface area contributed by atoms with E-state index in [0.29, 0.717) is 17.1 Å². The maximum atomic E-state index is 7.73. The number of fused-ring (bicyclic) bond motifs is 1. The Morgan fingerprint density at radius 1 is 1.27 bits per heavy atom. The molecule has 0 amide bonds. The molecule has 1 heterocycles. The molecule has 0 bridgehead atoms. The second kappa shape index (κ2) is 2.68. The van der Waals surface area contributed by atoms with Gasteiger partial charge in [0.05, 0.1) is 5.37 Å². The summed E-state index contributed by atoms with van der Waals surface area (Å²) < 4.78 is 0. The summed E-state index contributed by atoms with van der Waals surface area (Å²) in [6.07, 6.45) is 8.67. The zero-order chi connectivity index (χ0) is 7.84. The maximum Gasteiger partial charge on any atom is 0.0704 e. The topological polar surface area (TPSA) is 23.8 Å². The number of rotatable bonds is 0. The molecule has 59 valence electrons. The van der Waals surface area contributed by atoms with Crippen LogP contribution < -0.4 is 5.73 Å². The van der Waals surface area contributed by atoms with Crippen molar-refractivity contribution in [3.05, 3.63) is 24.3 Å². The number of nitrogens with one attached hydrogen (secondary N) is 1. The minimum Gasteiger partial charge on any atom is -0.243 e. The van der Waals surface area contributed by atoms with E-state index in [0.717, 1.165) is 0 Å². The SMILES string of the molecule is CC1C([NH])SC2C=CC=CC21. The van der Waals surface area contributed by atoms with E-state index in [1.165, 1.54) is 0 Å². The third kappa shape index (κ3) is 1.14. The van der Waals surface area contributed by atoms with Gasteiger partial charge in [-0.25, -0.2) is 5.73 Å². The van der Waals surface area contributed by atoms with Gasteiger partial charge in [0.2, 0.25) is 0 Å². The number of hydrogen-bond acceptors (Lipinski definition) is 1. The van der Waals surface area contributed by atoms with Crippen molar-refractivity contribution < 1.29 is 0 Å². The summed E-state index contributed by atoms with van der Waals surface area (Å²) in [5.74, 6) is 1.14. The zero-order valence-electron chi connectivity index (χ0n) is 6.53. The molecule has 1 saturated heterocycles. The van der Waals surface area contributed by atoms with Gasteiger partial charge in [-0.05, 0) is 11.8 Å². The van der Waals surface area contributed by atoms with Crippen LogP contribution in [0.3, 0.4) is 0 Å². The van der Waals surface area contributed by atoms with Gasteiger partial charge < -0.3 is 0 Å². The predicted octanol–water partition coefficient (Wildman–Crippen LogP) is 2.09. The van der Waals surface area contributed by atoms with Crippen LogP contribution in [-0.4, -0.2) is 10.6 Å². The lowest BCUT2D eigenvalue weighted by Crippen LogP contribution is -2.17. The first-order valence-corrected chi connectivity index (χ1v) is 4.95. The Kier molecular flexibility index (Phi) is 1.81. The molecule has 0 spiro atoms. The Morgan fingerprint density at radius 2 is 2.00 bits per heavy atom. The van der Waals surface area contributed by atoms with Crippen LogP contribution in [0.5, 0.6) is 0 Å². The highest BCUT2D eigenvalue weighted by Gasteiger charge is 2.37. The van der Waals surface area contributed by atoms with E-state index in [1.54, 1.807) is 11.8 Å². The van der Waals surface area contributed by atoms with Crippen LogP contribution in [0.15, 0.2) is 24.3 Å². The second-order valence-corrected chi connectivity index (χ2v) is 4.55. The quantitative estimate of drug-likeness (QED) is 0.540. The van der Waals surface area contributed by atoms with Crippen molar-refractivity contribution in [1.29, 1.82) is 0 Å². The van der Waals surface area contributed by atoms with Crippen LogP contribution in [-0.2, 0) is 0 Å². The molecular weight excluding hydrogens is 154 g/mol. The first kappa shape index (κ1) is 7.44. The minimum atomic E-state index is 0.0809. The zero-order valence-corrected chi connectivity index (χ0v) is 7.34. The van der Waals surface area contributed by atoms with Crippen molar-refractivity contribution in [1.82, 2.24) is 5.73 Å². The van der Waals surface area contributed by atoms with Gasteiger partial charge in [-0.2, -0.15) is 0 Å². The first-order valence-electron chi connectivity index (χ1n) is 4.00. The highest BCUT2D eigenvalue weighted by molar-refractivity contribution is 8.00. The van der Waals surface area contributed by atoms with Crippen molar-refractivity contribution in [3.63, 3.8) is 0 Å². The molecule has 1 N–H and O–H groups in total. The Hall–Kier alpha value is -0.210. The molecule has 2 aliphatic rings. The summed E-state index contributed by atoms with van der Waals surface area (Å²) in [5, 5.41) is 0.662. The molecule has 0 saturated carbocycles. The van der Waals surface area contributed by atoms with E-state index in [9.17, 15) is 0 Å². The highest BCUT2D eigenvalue weighted by atomic mass is 32.2. The van der Waals surface area contributed by atoms with E-state index in [-0.39, 0.29) is 5.37 Å². The Balaban J connectivity index is 2.20. The summed E-state index contributed by atoms with van der Waals surface area (Å²) in [6.45, 7) is 2.18. The Morgan fingerprint density at radius 3 is 2.73 bits per heavy atom. The average Bonchev–Trinajstić information content (AvgIpc) is 2.30. The van der Waals surface area contributed by atoms with Gasteiger partial charge in [-0.1, -0.05) is 31.2 Å². The van der Waals surface area contributed by atoms with Crippen molar-refractivity contribution in [2.24, 2.45) is 11.8 Å². The molecule has 2 rings (SSSR count). The highest BCUT2D eigenvalue weighted by Crippen LogP contribution is 2.43. The van der Waals surface area contributed by atoms with Gasteiger partial charge in [0.15, 0.2) is 0 Å². The standard InChI is InChI=1S/C9H12NS/c1-6-7-4-2-3-5-8(7)11-9(6)10/h2-10H,1H3. The van der Waals surface area contributed by atoms with Crippen molar-refractivity contribution in [3.8, 4) is 0 Å². The third-order valence-corrected chi connectivity index (χ3v) is 4.02. The van der Waals surface area contributed by atoms with Crippen molar-refractivity contribution in [2.75, 3.05) is 0 Å². The number of allylic oxidation sites excluding steroid dienone is 3. The molecule has 0 aromatic rings. The average molecular weight is 166 g/mol. The Labute approximate surface area is 71.7 Å². The first-order chi connectivity index (χ1) is 5.29. The van der Waals surface area contributed by atoms with Crippen LogP contribution >= 0.6 is 11.8 Å². The molecule has 0 aromatic carbocycles. The molecule has 11 heavy (non-hydrogen) atoms. The fourth-order valence-corrected chi connectivity index (χ4v) is 3.18. The molecule has 1 aliphatic heterocycles. The molecule has 1 nitrogen and oxygen atoms in total. The smallest absolute Gasteiger partial charge is 0.0704 e. The summed E-state index contributed by atoms with van der Waals surface area (Å²) in [4.78, 5) is 0. The molecule has 1 fully saturated rings. The summed E-state index contributed by atoms with van der Waals surface area (Å²) in [6, 6.07) is 0. The largest absolute Gasteiger partial charge is 0.243 e. The van der Waals surface area contributed by atoms with Crippen LogP contribution in [0.25, 0.3) is 0 Å². The molecule has 2 heteroatoms. The van der Waals surface area contributed by atoms with E-state index in [1.807, 2.05) is 0 Å². The van der Waals surface area contributed by atoms with Gasteiger partial charge in [0.25, 0.3) is 0 Å². The molecule has 4 unspecified atom stereocenters. The lowest BCUT2D eigenvalue weighted by molar-refractivity contribution is 0.451. The van der Waals surface area contributed by atoms with Gasteiger partial charge in [0.1, 0.15) is 0 Å². The maximum absolute atomic E-state index is 7.73. The second-order valence-electron chi connectivity index (χ2n) is 3.23. The molecule has 0 aromatic heterocycles. The van der Waals surface area contributed by atoms with E-state index in [2.05, 4.69) is 31.2 Å². The third-order valence-electron chi connectivity index (χ3n) is 2.51. The lowest BCUT2D eigenvalue weighted by atomic mass is 9.88. The van der Waals surface area contributed by atoms with E-state index in [4.69, 9.17) is 5.73 Å². The summed E-state index contributed by atoms with van der Waals surface area (Å²) in [7, 11) is 0. The molecule has 4 atom stereocenters. The monoisotopic (exact) mass is 166 g/mol. The molecule has 1 aliphatic carbocycles. The summed E-state index contributed by atoms with van der Waals surface area (Å²) >= 11 is 1.79. The fourth-order valence-electron chi connectivity index (χ4n) is 1.71. The minimum absolute atomic E-state index is 0.0809. The summed E-state index contributed by atoms with van der Waals surface area (Å²) in [5.41, 5.74) is 7.73. The van der Waals surface area contributed by atoms with Gasteiger partial charge in [-0.15, -0.1) is 11.8 Å². The van der Waals surface area contributed by atoms with Gasteiger partial charge in [0, 0.05) is 5.25 Å². The fraction of sp³-hybridized carbons (Fsp3) is 0.556. The Bertz CT molecular complexity index is 210. The van der Waals surface area contributed by atoms with Gasteiger partial charge in [-0.3, -0.25) is 0 Å². The lowest BCUT2D eigenvalue weighted by Gasteiger charge is -2.17.